The number of carbonyl (C=O) groups excluding carboxylic acids is 2. The van der Waals surface area contributed by atoms with E-state index in [2.05, 4.69) is 30.6 Å². The van der Waals surface area contributed by atoms with Gasteiger partial charge in [-0.1, -0.05) is 11.6 Å². The number of pyridine rings is 1. The van der Waals surface area contributed by atoms with Crippen LogP contribution in [0.1, 0.15) is 50.1 Å². The Balaban J connectivity index is 1.40. The Bertz CT molecular complexity index is 1290. The van der Waals surface area contributed by atoms with Crippen LogP contribution in [0.2, 0.25) is 5.02 Å². The highest BCUT2D eigenvalue weighted by atomic mass is 35.5. The number of hydrogen-bond acceptors (Lipinski definition) is 9. The molecule has 1 fully saturated rings. The van der Waals surface area contributed by atoms with Crippen LogP contribution in [0, 0.1) is 0 Å². The van der Waals surface area contributed by atoms with Gasteiger partial charge in [0.15, 0.2) is 0 Å². The van der Waals surface area contributed by atoms with E-state index in [9.17, 15) is 22.8 Å². The van der Waals surface area contributed by atoms with Gasteiger partial charge in [0.1, 0.15) is 33.5 Å². The van der Waals surface area contributed by atoms with E-state index in [1.807, 2.05) is 4.90 Å². The summed E-state index contributed by atoms with van der Waals surface area (Å²) < 4.78 is 39.1. The number of thiazole rings is 1. The number of alkyl halides is 3. The van der Waals surface area contributed by atoms with Gasteiger partial charge in [0.05, 0.1) is 22.8 Å². The van der Waals surface area contributed by atoms with Crippen LogP contribution >= 0.6 is 22.9 Å². The molecular weight excluding hydrogens is 521 g/mol. The first-order chi connectivity index (χ1) is 17.0. The molecule has 3 aromatic heterocycles. The van der Waals surface area contributed by atoms with Crippen LogP contribution in [-0.2, 0) is 6.18 Å². The summed E-state index contributed by atoms with van der Waals surface area (Å²) in [4.78, 5) is 43.4. The molecule has 4 N–H and O–H groups in total. The van der Waals surface area contributed by atoms with Crippen LogP contribution in [0.25, 0.3) is 0 Å². The zero-order chi connectivity index (χ0) is 26.0. The van der Waals surface area contributed by atoms with E-state index < -0.39 is 34.6 Å². The van der Waals surface area contributed by atoms with Crippen LogP contribution < -0.4 is 21.3 Å². The molecule has 0 saturated carbocycles. The maximum Gasteiger partial charge on any atom is 0.418 e. The molecule has 1 aliphatic heterocycles. The lowest BCUT2D eigenvalue weighted by molar-refractivity contribution is -0.137. The number of nitrogens with two attached hydrogens (primary N) is 1. The lowest BCUT2D eigenvalue weighted by atomic mass is 10.2. The maximum absolute atomic E-state index is 13.0. The van der Waals surface area contributed by atoms with Crippen LogP contribution in [0.3, 0.4) is 0 Å². The van der Waals surface area contributed by atoms with E-state index in [1.165, 1.54) is 12.5 Å². The minimum Gasteiger partial charge on any atom is -0.355 e. The zero-order valence-corrected chi connectivity index (χ0v) is 20.3. The number of nitrogens with zero attached hydrogens (tertiary/aromatic N) is 5. The SMILES string of the molecule is CC(NC(=O)c1cc(N2CCC(N)C2)ncn1)c1ncc(C(=O)Nc2cc(C(F)(F)F)c(Cl)cn2)s1. The number of nitrogens with one attached hydrogen (secondary N) is 2. The van der Waals surface area contributed by atoms with Crippen molar-refractivity contribution in [1.82, 2.24) is 25.3 Å². The summed E-state index contributed by atoms with van der Waals surface area (Å²) in [5, 5.41) is 4.89. The Kier molecular flexibility index (Phi) is 7.38. The van der Waals surface area contributed by atoms with Crippen molar-refractivity contribution in [3.63, 3.8) is 0 Å². The molecule has 1 saturated heterocycles. The lowest BCUT2D eigenvalue weighted by Gasteiger charge is -2.17. The van der Waals surface area contributed by atoms with Gasteiger partial charge in [0.2, 0.25) is 0 Å². The predicted octanol–water partition coefficient (Wildman–Crippen LogP) is 3.28. The van der Waals surface area contributed by atoms with Gasteiger partial charge in [0.25, 0.3) is 11.8 Å². The maximum atomic E-state index is 13.0. The topological polar surface area (TPSA) is 139 Å². The second kappa shape index (κ2) is 10.3. The van der Waals surface area contributed by atoms with Crippen molar-refractivity contribution in [3.05, 3.63) is 57.0 Å². The van der Waals surface area contributed by atoms with Crippen LogP contribution in [0.5, 0.6) is 0 Å². The molecule has 2 amide bonds. The second-order valence-corrected chi connectivity index (χ2v) is 9.48. The van der Waals surface area contributed by atoms with Crippen LogP contribution in [0.4, 0.5) is 24.8 Å². The summed E-state index contributed by atoms with van der Waals surface area (Å²) in [7, 11) is 0. The van der Waals surface area contributed by atoms with E-state index in [4.69, 9.17) is 17.3 Å². The molecule has 4 rings (SSSR count). The van der Waals surface area contributed by atoms with E-state index >= 15 is 0 Å². The number of aromatic nitrogens is 4. The largest absolute Gasteiger partial charge is 0.418 e. The van der Waals surface area contributed by atoms with Crippen molar-refractivity contribution in [3.8, 4) is 0 Å². The summed E-state index contributed by atoms with van der Waals surface area (Å²) in [6.45, 7) is 3.06. The Hall–Kier alpha value is -3.36. The molecule has 0 radical (unpaired) electrons. The van der Waals surface area contributed by atoms with Crippen molar-refractivity contribution < 1.29 is 22.8 Å². The molecule has 2 atom stereocenters. The van der Waals surface area contributed by atoms with Gasteiger partial charge in [-0.15, -0.1) is 11.3 Å². The molecular formula is C21H20ClF3N8O2S. The molecule has 0 bridgehead atoms. The van der Waals surface area contributed by atoms with E-state index in [0.717, 1.165) is 30.5 Å². The van der Waals surface area contributed by atoms with Crippen LogP contribution in [-0.4, -0.2) is 50.9 Å². The third-order valence-electron chi connectivity index (χ3n) is 5.30. The Morgan fingerprint density at radius 3 is 2.67 bits per heavy atom. The average molecular weight is 541 g/mol. The normalized spacial score (nSPS) is 16.6. The minimum atomic E-state index is -4.70. The van der Waals surface area contributed by atoms with Gasteiger partial charge in [-0.3, -0.25) is 9.59 Å². The van der Waals surface area contributed by atoms with E-state index in [1.54, 1.807) is 13.0 Å². The first kappa shape index (κ1) is 25.7. The van der Waals surface area contributed by atoms with Crippen molar-refractivity contribution in [2.24, 2.45) is 5.73 Å². The van der Waals surface area contributed by atoms with E-state index in [-0.39, 0.29) is 22.4 Å². The number of hydrogen-bond donors (Lipinski definition) is 3. The van der Waals surface area contributed by atoms with Crippen molar-refractivity contribution >= 4 is 46.4 Å². The van der Waals surface area contributed by atoms with Gasteiger partial charge >= 0.3 is 6.18 Å². The molecule has 4 heterocycles. The van der Waals surface area contributed by atoms with Crippen LogP contribution in [0.15, 0.2) is 30.9 Å². The number of halogens is 4. The molecule has 2 unspecified atom stereocenters. The molecule has 0 spiro atoms. The fourth-order valence-corrected chi connectivity index (χ4v) is 4.49. The molecule has 10 nitrogen and oxygen atoms in total. The van der Waals surface area contributed by atoms with Gasteiger partial charge < -0.3 is 21.3 Å². The van der Waals surface area contributed by atoms with Crippen molar-refractivity contribution in [1.29, 1.82) is 0 Å². The average Bonchev–Trinajstić information content (AvgIpc) is 3.49. The molecule has 36 heavy (non-hydrogen) atoms. The molecule has 15 heteroatoms. The summed E-state index contributed by atoms with van der Waals surface area (Å²) in [6, 6.07) is 1.70. The number of carbonyl (C=O) groups is 2. The highest BCUT2D eigenvalue weighted by Crippen LogP contribution is 2.35. The van der Waals surface area contributed by atoms with Gasteiger partial charge in [-0.25, -0.2) is 19.9 Å². The van der Waals surface area contributed by atoms with Gasteiger partial charge in [0, 0.05) is 31.4 Å². The number of amides is 2. The van der Waals surface area contributed by atoms with E-state index in [0.29, 0.717) is 23.4 Å². The fraction of sp³-hybridized carbons (Fsp3) is 0.333. The monoisotopic (exact) mass is 540 g/mol. The lowest BCUT2D eigenvalue weighted by Crippen LogP contribution is -2.29. The molecule has 3 aromatic rings. The predicted molar refractivity (Wildman–Crippen MR) is 127 cm³/mol. The summed E-state index contributed by atoms with van der Waals surface area (Å²) in [5.74, 6) is -0.870. The summed E-state index contributed by atoms with van der Waals surface area (Å²) in [6.07, 6.45) is -0.486. The highest BCUT2D eigenvalue weighted by Gasteiger charge is 2.34. The molecule has 1 aliphatic rings. The molecule has 190 valence electrons. The minimum absolute atomic E-state index is 0.0516. The van der Waals surface area contributed by atoms with Crippen molar-refractivity contribution in [2.75, 3.05) is 23.3 Å². The molecule has 0 aromatic carbocycles. The Morgan fingerprint density at radius 2 is 1.97 bits per heavy atom. The number of anilines is 2. The fourth-order valence-electron chi connectivity index (χ4n) is 3.47. The third-order valence-corrected chi connectivity index (χ3v) is 6.78. The Morgan fingerprint density at radius 1 is 1.19 bits per heavy atom. The number of rotatable bonds is 6. The first-order valence-electron chi connectivity index (χ1n) is 10.6. The first-order valence-corrected chi connectivity index (χ1v) is 11.8. The standard InChI is InChI=1S/C21H20ClF3N8O2S/c1-10(31-18(34)14-5-17(30-9-29-14)33-3-2-11(26)8-33)20-28-7-15(36-20)19(35)32-16-4-12(21(23,24)25)13(22)6-27-16/h4-7,9-11H,2-3,8,26H2,1H3,(H,31,34)(H,27,32,35). The Labute approximate surface area is 212 Å². The smallest absolute Gasteiger partial charge is 0.355 e. The van der Waals surface area contributed by atoms with Gasteiger partial charge in [-0.05, 0) is 19.4 Å². The summed E-state index contributed by atoms with van der Waals surface area (Å²) in [5.41, 5.74) is 4.98. The highest BCUT2D eigenvalue weighted by molar-refractivity contribution is 7.13. The second-order valence-electron chi connectivity index (χ2n) is 8.02. The quantitative estimate of drug-likeness (QED) is 0.433. The summed E-state index contributed by atoms with van der Waals surface area (Å²) >= 11 is 6.53. The zero-order valence-electron chi connectivity index (χ0n) is 18.7. The van der Waals surface area contributed by atoms with Crippen molar-refractivity contribution in [2.45, 2.75) is 31.6 Å². The molecule has 0 aliphatic carbocycles. The third kappa shape index (κ3) is 5.88. The van der Waals surface area contributed by atoms with Gasteiger partial charge in [-0.2, -0.15) is 13.2 Å².